The molecule has 0 radical (unpaired) electrons. The van der Waals surface area contributed by atoms with Gasteiger partial charge in [0.25, 0.3) is 0 Å². The molecule has 0 aliphatic heterocycles. The number of rotatable bonds is 4. The van der Waals surface area contributed by atoms with Gasteiger partial charge in [0, 0.05) is 12.8 Å². The Bertz CT molecular complexity index is 174. The van der Waals surface area contributed by atoms with Crippen molar-refractivity contribution < 1.29 is 14.3 Å². The summed E-state index contributed by atoms with van der Waals surface area (Å²) < 4.78 is 9.31. The molecule has 0 amide bonds. The molecule has 0 rings (SSSR count). The molecule has 0 heterocycles. The maximum Gasteiger partial charge on any atom is 0.518 e. The minimum atomic E-state index is -0.756. The molecule has 3 nitrogen and oxygen atoms in total. The van der Waals surface area contributed by atoms with Crippen molar-refractivity contribution in [3.05, 3.63) is 24.7 Å². The van der Waals surface area contributed by atoms with Crippen LogP contribution in [0, 0.1) is 0 Å². The molecule has 0 unspecified atom stereocenters. The molecular weight excluding hydrogens is 156 g/mol. The monoisotopic (exact) mass is 170 g/mol. The second-order valence-corrected chi connectivity index (χ2v) is 2.24. The second-order valence-electron chi connectivity index (χ2n) is 2.24. The van der Waals surface area contributed by atoms with E-state index in [0.717, 1.165) is 0 Å². The summed E-state index contributed by atoms with van der Waals surface area (Å²) in [6.45, 7) is 10.7. The minimum absolute atomic E-state index is 0.393. The maximum atomic E-state index is 10.8. The van der Waals surface area contributed by atoms with Crippen LogP contribution in [0.1, 0.15) is 26.7 Å². The largest absolute Gasteiger partial charge is 0.518 e. The summed E-state index contributed by atoms with van der Waals surface area (Å²) in [6, 6.07) is 0. The Labute approximate surface area is 72.7 Å². The van der Waals surface area contributed by atoms with Crippen molar-refractivity contribution in [2.45, 2.75) is 26.7 Å². The predicted octanol–water partition coefficient (Wildman–Crippen LogP) is 2.99. The van der Waals surface area contributed by atoms with Gasteiger partial charge in [-0.05, 0) is 0 Å². The second kappa shape index (κ2) is 5.41. The Balaban J connectivity index is 3.74. The zero-order chi connectivity index (χ0) is 9.56. The van der Waals surface area contributed by atoms with Crippen LogP contribution in [0.2, 0.25) is 0 Å². The van der Waals surface area contributed by atoms with Crippen LogP contribution >= 0.6 is 0 Å². The zero-order valence-corrected chi connectivity index (χ0v) is 7.55. The van der Waals surface area contributed by atoms with Gasteiger partial charge in [-0.1, -0.05) is 27.0 Å². The first-order chi connectivity index (χ1) is 5.60. The molecular formula is C9H14O3. The summed E-state index contributed by atoms with van der Waals surface area (Å²) in [6.07, 6.45) is 0.426. The van der Waals surface area contributed by atoms with E-state index in [0.29, 0.717) is 24.4 Å². The van der Waals surface area contributed by atoms with Gasteiger partial charge < -0.3 is 9.47 Å². The molecule has 68 valence electrons. The van der Waals surface area contributed by atoms with Gasteiger partial charge in [-0.3, -0.25) is 0 Å². The van der Waals surface area contributed by atoms with Crippen molar-refractivity contribution in [3.8, 4) is 0 Å². The van der Waals surface area contributed by atoms with Crippen molar-refractivity contribution in [2.75, 3.05) is 0 Å². The Morgan fingerprint density at radius 3 is 1.67 bits per heavy atom. The highest BCUT2D eigenvalue weighted by Crippen LogP contribution is 2.05. The molecule has 0 aromatic heterocycles. The third-order valence-corrected chi connectivity index (χ3v) is 1.24. The summed E-state index contributed by atoms with van der Waals surface area (Å²) in [5.74, 6) is 0.785. The first-order valence-electron chi connectivity index (χ1n) is 3.85. The van der Waals surface area contributed by atoms with E-state index in [1.165, 1.54) is 0 Å². The molecule has 0 spiro atoms. The molecule has 0 N–H and O–H groups in total. The molecule has 0 aliphatic rings. The van der Waals surface area contributed by atoms with Crippen LogP contribution < -0.4 is 0 Å². The molecule has 0 aliphatic carbocycles. The van der Waals surface area contributed by atoms with Crippen LogP contribution in [0.25, 0.3) is 0 Å². The lowest BCUT2D eigenvalue weighted by molar-refractivity contribution is 0.0990. The third-order valence-electron chi connectivity index (χ3n) is 1.24. The molecule has 0 aromatic carbocycles. The summed E-state index contributed by atoms with van der Waals surface area (Å²) in [4.78, 5) is 10.8. The predicted molar refractivity (Wildman–Crippen MR) is 46.4 cm³/mol. The van der Waals surface area contributed by atoms with E-state index in [1.54, 1.807) is 0 Å². The standard InChI is InChI=1S/C9H14O3/c1-5-7(3)11-9(10)12-8(4)6-2/h3-6H2,1-2H3. The Kier molecular flexibility index (Phi) is 4.84. The quantitative estimate of drug-likeness (QED) is 0.480. The van der Waals surface area contributed by atoms with Gasteiger partial charge in [-0.25, -0.2) is 4.79 Å². The highest BCUT2D eigenvalue weighted by molar-refractivity contribution is 5.62. The van der Waals surface area contributed by atoms with E-state index in [9.17, 15) is 4.79 Å². The van der Waals surface area contributed by atoms with Gasteiger partial charge in [0.15, 0.2) is 0 Å². The number of carbonyl (C=O) groups is 1. The van der Waals surface area contributed by atoms with Crippen molar-refractivity contribution in [1.82, 2.24) is 0 Å². The van der Waals surface area contributed by atoms with Crippen LogP contribution in [-0.2, 0) is 9.47 Å². The molecule has 0 saturated heterocycles. The Morgan fingerprint density at radius 2 is 1.42 bits per heavy atom. The number of hydrogen-bond acceptors (Lipinski definition) is 3. The summed E-state index contributed by atoms with van der Waals surface area (Å²) in [5.41, 5.74) is 0. The van der Waals surface area contributed by atoms with Crippen molar-refractivity contribution in [1.29, 1.82) is 0 Å². The molecule has 0 aromatic rings. The lowest BCUT2D eigenvalue weighted by Crippen LogP contribution is -2.05. The van der Waals surface area contributed by atoms with Crippen LogP contribution in [0.15, 0.2) is 24.7 Å². The Hall–Kier alpha value is -1.25. The average molecular weight is 170 g/mol. The smallest absolute Gasteiger partial charge is 0.400 e. The van der Waals surface area contributed by atoms with Gasteiger partial charge >= 0.3 is 6.16 Å². The number of carbonyl (C=O) groups excluding carboxylic acids is 1. The summed E-state index contributed by atoms with van der Waals surface area (Å²) in [7, 11) is 0. The first-order valence-corrected chi connectivity index (χ1v) is 3.85. The highest BCUT2D eigenvalue weighted by atomic mass is 16.7. The number of allylic oxidation sites excluding steroid dienone is 2. The molecule has 3 heteroatoms. The van der Waals surface area contributed by atoms with Gasteiger partial charge in [0.1, 0.15) is 11.5 Å². The van der Waals surface area contributed by atoms with Crippen molar-refractivity contribution in [2.24, 2.45) is 0 Å². The van der Waals surface area contributed by atoms with Crippen LogP contribution in [0.4, 0.5) is 4.79 Å². The van der Waals surface area contributed by atoms with E-state index < -0.39 is 6.16 Å². The van der Waals surface area contributed by atoms with Gasteiger partial charge in [-0.15, -0.1) is 0 Å². The lowest BCUT2D eigenvalue weighted by atomic mass is 10.4. The molecule has 0 atom stereocenters. The fourth-order valence-electron chi connectivity index (χ4n) is 0.401. The fourth-order valence-corrected chi connectivity index (χ4v) is 0.401. The minimum Gasteiger partial charge on any atom is -0.400 e. The Morgan fingerprint density at radius 1 is 1.08 bits per heavy atom. The van der Waals surface area contributed by atoms with Crippen LogP contribution in [0.5, 0.6) is 0 Å². The van der Waals surface area contributed by atoms with E-state index in [1.807, 2.05) is 13.8 Å². The van der Waals surface area contributed by atoms with Gasteiger partial charge in [0.2, 0.25) is 0 Å². The molecule has 0 saturated carbocycles. The SMILES string of the molecule is C=C(CC)OC(=O)OC(=C)CC. The van der Waals surface area contributed by atoms with Crippen LogP contribution in [-0.4, -0.2) is 6.16 Å². The van der Waals surface area contributed by atoms with Gasteiger partial charge in [-0.2, -0.15) is 0 Å². The molecule has 12 heavy (non-hydrogen) atoms. The van der Waals surface area contributed by atoms with Crippen LogP contribution in [0.3, 0.4) is 0 Å². The summed E-state index contributed by atoms with van der Waals surface area (Å²) >= 11 is 0. The zero-order valence-electron chi connectivity index (χ0n) is 7.55. The topological polar surface area (TPSA) is 35.5 Å². The summed E-state index contributed by atoms with van der Waals surface area (Å²) in [5, 5.41) is 0. The average Bonchev–Trinajstić information content (AvgIpc) is 2.03. The normalized spacial score (nSPS) is 8.83. The fraction of sp³-hybridized carbons (Fsp3) is 0.444. The number of ether oxygens (including phenoxy) is 2. The van der Waals surface area contributed by atoms with Crippen molar-refractivity contribution >= 4 is 6.16 Å². The third kappa shape index (κ3) is 4.55. The van der Waals surface area contributed by atoms with E-state index in [-0.39, 0.29) is 0 Å². The molecule has 0 bridgehead atoms. The van der Waals surface area contributed by atoms with E-state index in [4.69, 9.17) is 0 Å². The lowest BCUT2D eigenvalue weighted by Gasteiger charge is -2.06. The highest BCUT2D eigenvalue weighted by Gasteiger charge is 2.06. The first kappa shape index (κ1) is 10.8. The van der Waals surface area contributed by atoms with Gasteiger partial charge in [0.05, 0.1) is 0 Å². The van der Waals surface area contributed by atoms with E-state index in [2.05, 4.69) is 22.6 Å². The van der Waals surface area contributed by atoms with E-state index >= 15 is 0 Å². The maximum absolute atomic E-state index is 10.8. The number of hydrogen-bond donors (Lipinski definition) is 0. The van der Waals surface area contributed by atoms with Crippen molar-refractivity contribution in [3.63, 3.8) is 0 Å². The molecule has 0 fully saturated rings.